The van der Waals surface area contributed by atoms with Gasteiger partial charge in [-0.05, 0) is 70.6 Å². The molecular weight excluding hydrogens is 745 g/mol. The fraction of sp³-hybridized carbons (Fsp3) is 0.833. The van der Waals surface area contributed by atoms with Gasteiger partial charge in [0.2, 0.25) is 0 Å². The van der Waals surface area contributed by atoms with E-state index < -0.39 is 6.10 Å². The predicted molar refractivity (Wildman–Crippen MR) is 256 cm³/mol. The molecule has 1 atom stereocenters. The van der Waals surface area contributed by atoms with E-state index in [-0.39, 0.29) is 31.1 Å². The molecule has 0 aromatic heterocycles. The molecule has 0 bridgehead atoms. The highest BCUT2D eigenvalue weighted by Crippen LogP contribution is 2.15. The Bertz CT molecular complexity index is 1020. The summed E-state index contributed by atoms with van der Waals surface area (Å²) in [6, 6.07) is 0. The summed E-state index contributed by atoms with van der Waals surface area (Å²) in [5.41, 5.74) is 0. The number of ether oxygens (including phenoxy) is 3. The third kappa shape index (κ3) is 46.7. The highest BCUT2D eigenvalue weighted by Gasteiger charge is 2.19. The van der Waals surface area contributed by atoms with Crippen molar-refractivity contribution in [1.29, 1.82) is 0 Å². The van der Waals surface area contributed by atoms with Gasteiger partial charge in [0, 0.05) is 19.3 Å². The van der Waals surface area contributed by atoms with Crippen LogP contribution in [0.3, 0.4) is 0 Å². The number of carbonyl (C=O) groups is 3. The summed E-state index contributed by atoms with van der Waals surface area (Å²) in [7, 11) is 0. The van der Waals surface area contributed by atoms with E-state index in [1.54, 1.807) is 0 Å². The fourth-order valence-electron chi connectivity index (χ4n) is 7.48. The third-order valence-electron chi connectivity index (χ3n) is 11.4. The van der Waals surface area contributed by atoms with E-state index in [2.05, 4.69) is 57.2 Å². The first-order valence-corrected chi connectivity index (χ1v) is 26.0. The molecule has 0 fully saturated rings. The van der Waals surface area contributed by atoms with Crippen LogP contribution >= 0.6 is 0 Å². The van der Waals surface area contributed by atoms with Gasteiger partial charge in [-0.2, -0.15) is 0 Å². The van der Waals surface area contributed by atoms with Gasteiger partial charge in [0.1, 0.15) is 13.2 Å². The lowest BCUT2D eigenvalue weighted by atomic mass is 10.1. The number of hydrogen-bond acceptors (Lipinski definition) is 6. The molecule has 0 amide bonds. The number of carbonyl (C=O) groups excluding carboxylic acids is 3. The lowest BCUT2D eigenvalue weighted by Gasteiger charge is -2.18. The molecule has 6 nitrogen and oxygen atoms in total. The van der Waals surface area contributed by atoms with Gasteiger partial charge in [0.05, 0.1) is 0 Å². The van der Waals surface area contributed by atoms with Crippen molar-refractivity contribution in [2.75, 3.05) is 13.2 Å². The average Bonchev–Trinajstić information content (AvgIpc) is 3.24. The van der Waals surface area contributed by atoms with Gasteiger partial charge in [-0.25, -0.2) is 0 Å². The highest BCUT2D eigenvalue weighted by atomic mass is 16.6. The lowest BCUT2D eigenvalue weighted by Crippen LogP contribution is -2.30. The molecule has 0 aliphatic rings. The first-order chi connectivity index (χ1) is 29.5. The molecular formula is C54H98O6. The molecule has 0 radical (unpaired) electrons. The Balaban J connectivity index is 4.28. The van der Waals surface area contributed by atoms with Crippen LogP contribution in [-0.2, 0) is 28.6 Å². The largest absolute Gasteiger partial charge is 0.462 e. The Kier molecular flexibility index (Phi) is 47.3. The van der Waals surface area contributed by atoms with E-state index in [0.717, 1.165) is 77.0 Å². The number of rotatable bonds is 47. The van der Waals surface area contributed by atoms with Crippen molar-refractivity contribution in [2.45, 2.75) is 277 Å². The molecule has 6 heteroatoms. The maximum absolute atomic E-state index is 12.8. The zero-order valence-electron chi connectivity index (χ0n) is 40.0. The molecule has 0 saturated carbocycles. The van der Waals surface area contributed by atoms with Crippen molar-refractivity contribution >= 4 is 17.9 Å². The number of esters is 3. The van der Waals surface area contributed by atoms with Crippen molar-refractivity contribution < 1.29 is 28.6 Å². The third-order valence-corrected chi connectivity index (χ3v) is 11.4. The van der Waals surface area contributed by atoms with Gasteiger partial charge in [0.15, 0.2) is 6.10 Å². The van der Waals surface area contributed by atoms with E-state index in [9.17, 15) is 14.4 Å². The van der Waals surface area contributed by atoms with E-state index in [1.807, 2.05) is 0 Å². The SMILES string of the molecule is CC/C=C\C/C=C\CCCCCCCCCC(=O)OC(COC(=O)CCCCCCCCC/C=C\CCCCCCCCCC)COC(=O)CCCCCCCCCCC. The fourth-order valence-corrected chi connectivity index (χ4v) is 7.48. The summed E-state index contributed by atoms with van der Waals surface area (Å²) in [5, 5.41) is 0. The molecule has 60 heavy (non-hydrogen) atoms. The van der Waals surface area contributed by atoms with Crippen molar-refractivity contribution in [2.24, 2.45) is 0 Å². The Morgan fingerprint density at radius 1 is 0.350 bits per heavy atom. The van der Waals surface area contributed by atoms with E-state index in [4.69, 9.17) is 14.2 Å². The summed E-state index contributed by atoms with van der Waals surface area (Å²) in [5.74, 6) is -0.881. The molecule has 0 heterocycles. The molecule has 1 unspecified atom stereocenters. The first kappa shape index (κ1) is 57.6. The van der Waals surface area contributed by atoms with Crippen LogP contribution in [0.15, 0.2) is 36.5 Å². The van der Waals surface area contributed by atoms with Crippen molar-refractivity contribution in [3.63, 3.8) is 0 Å². The summed E-state index contributed by atoms with van der Waals surface area (Å²) in [6.07, 6.45) is 57.1. The van der Waals surface area contributed by atoms with E-state index >= 15 is 0 Å². The van der Waals surface area contributed by atoms with Crippen molar-refractivity contribution in [3.8, 4) is 0 Å². The molecule has 0 rings (SSSR count). The zero-order chi connectivity index (χ0) is 43.7. The van der Waals surface area contributed by atoms with Crippen LogP contribution in [0.25, 0.3) is 0 Å². The van der Waals surface area contributed by atoms with Gasteiger partial charge in [-0.15, -0.1) is 0 Å². The van der Waals surface area contributed by atoms with Crippen LogP contribution in [0.4, 0.5) is 0 Å². The second-order valence-electron chi connectivity index (χ2n) is 17.4. The maximum atomic E-state index is 12.8. The lowest BCUT2D eigenvalue weighted by molar-refractivity contribution is -0.167. The van der Waals surface area contributed by atoms with Crippen LogP contribution < -0.4 is 0 Å². The quantitative estimate of drug-likeness (QED) is 0.0263. The van der Waals surface area contributed by atoms with Crippen LogP contribution in [0, 0.1) is 0 Å². The second kappa shape index (κ2) is 49.3. The average molecular weight is 843 g/mol. The minimum Gasteiger partial charge on any atom is -0.462 e. The standard InChI is InChI=1S/C54H98O6/c1-4-7-10-13-16-19-21-23-25-26-27-28-29-31-32-35-38-41-44-47-53(56)59-50-51(49-58-52(55)46-43-40-37-34-18-15-12-9-6-3)60-54(57)48-45-42-39-36-33-30-24-22-20-17-14-11-8-5-2/h8,11,17,20,26-27,51H,4-7,9-10,12-16,18-19,21-25,28-50H2,1-3H3/b11-8-,20-17-,27-26-. The number of allylic oxidation sites excluding steroid dienone is 6. The predicted octanol–water partition coefficient (Wildman–Crippen LogP) is 16.9. The van der Waals surface area contributed by atoms with Gasteiger partial charge in [-0.1, -0.05) is 218 Å². The second-order valence-corrected chi connectivity index (χ2v) is 17.4. The minimum atomic E-state index is -0.773. The van der Waals surface area contributed by atoms with Crippen LogP contribution in [0.2, 0.25) is 0 Å². The Morgan fingerprint density at radius 2 is 0.650 bits per heavy atom. The Labute approximate surface area is 372 Å². The normalized spacial score (nSPS) is 12.2. The summed E-state index contributed by atoms with van der Waals surface area (Å²) >= 11 is 0. The number of hydrogen-bond donors (Lipinski definition) is 0. The Morgan fingerprint density at radius 3 is 1.02 bits per heavy atom. The molecule has 0 aliphatic carbocycles. The topological polar surface area (TPSA) is 78.9 Å². The molecule has 0 spiro atoms. The smallest absolute Gasteiger partial charge is 0.306 e. The van der Waals surface area contributed by atoms with Crippen molar-refractivity contribution in [1.82, 2.24) is 0 Å². The van der Waals surface area contributed by atoms with Gasteiger partial charge >= 0.3 is 17.9 Å². The maximum Gasteiger partial charge on any atom is 0.306 e. The Hall–Kier alpha value is -2.37. The minimum absolute atomic E-state index is 0.0744. The summed E-state index contributed by atoms with van der Waals surface area (Å²) in [6.45, 7) is 6.52. The highest BCUT2D eigenvalue weighted by molar-refractivity contribution is 5.71. The first-order valence-electron chi connectivity index (χ1n) is 26.0. The number of unbranched alkanes of at least 4 members (excludes halogenated alkanes) is 30. The molecule has 0 N–H and O–H groups in total. The van der Waals surface area contributed by atoms with Gasteiger partial charge in [0.25, 0.3) is 0 Å². The molecule has 350 valence electrons. The zero-order valence-corrected chi connectivity index (χ0v) is 40.0. The summed E-state index contributed by atoms with van der Waals surface area (Å²) < 4.78 is 16.8. The van der Waals surface area contributed by atoms with E-state index in [0.29, 0.717) is 19.3 Å². The molecule has 0 aromatic carbocycles. The van der Waals surface area contributed by atoms with Crippen LogP contribution in [0.5, 0.6) is 0 Å². The summed E-state index contributed by atoms with van der Waals surface area (Å²) in [4.78, 5) is 37.9. The van der Waals surface area contributed by atoms with Crippen LogP contribution in [0.1, 0.15) is 271 Å². The van der Waals surface area contributed by atoms with Crippen LogP contribution in [-0.4, -0.2) is 37.2 Å². The molecule has 0 aromatic rings. The van der Waals surface area contributed by atoms with Gasteiger partial charge in [-0.3, -0.25) is 14.4 Å². The monoisotopic (exact) mass is 843 g/mol. The van der Waals surface area contributed by atoms with Crippen molar-refractivity contribution in [3.05, 3.63) is 36.5 Å². The van der Waals surface area contributed by atoms with Gasteiger partial charge < -0.3 is 14.2 Å². The molecule has 0 saturated heterocycles. The van der Waals surface area contributed by atoms with E-state index in [1.165, 1.54) is 154 Å². The molecule has 0 aliphatic heterocycles.